The maximum atomic E-state index is 12.4. The van der Waals surface area contributed by atoms with Crippen LogP contribution in [-0.2, 0) is 17.8 Å². The molecule has 1 unspecified atom stereocenters. The Labute approximate surface area is 108 Å². The Kier molecular flexibility index (Phi) is 3.02. The molecule has 0 spiro atoms. The van der Waals surface area contributed by atoms with Gasteiger partial charge in [0.05, 0.1) is 12.3 Å². The lowest BCUT2D eigenvalue weighted by Crippen LogP contribution is -2.33. The normalized spacial score (nSPS) is 26.2. The molecule has 1 fully saturated rings. The molecule has 2 rings (SSSR count). The molecule has 0 radical (unpaired) electrons. The van der Waals surface area contributed by atoms with Gasteiger partial charge in [-0.25, -0.2) is 0 Å². The van der Waals surface area contributed by atoms with Crippen LogP contribution >= 0.6 is 0 Å². The number of aryl methyl sites for hydroxylation is 1. The highest BCUT2D eigenvalue weighted by Gasteiger charge is 2.52. The molecule has 0 amide bonds. The van der Waals surface area contributed by atoms with Gasteiger partial charge in [-0.05, 0) is 25.3 Å². The van der Waals surface area contributed by atoms with Crippen LogP contribution in [0.3, 0.4) is 0 Å². The van der Waals surface area contributed by atoms with Crippen molar-refractivity contribution in [2.24, 2.45) is 10.8 Å². The van der Waals surface area contributed by atoms with Gasteiger partial charge < -0.3 is 0 Å². The van der Waals surface area contributed by atoms with E-state index in [0.717, 1.165) is 18.5 Å². The number of Topliss-reactive ketones (excluding diaryl/α,β-unsaturated/α-hetero) is 1. The minimum absolute atomic E-state index is 0.0850. The molecule has 1 aliphatic rings. The third kappa shape index (κ3) is 1.94. The van der Waals surface area contributed by atoms with Crippen molar-refractivity contribution in [3.63, 3.8) is 0 Å². The van der Waals surface area contributed by atoms with Gasteiger partial charge in [0, 0.05) is 24.6 Å². The van der Waals surface area contributed by atoms with Crippen molar-refractivity contribution in [2.45, 2.75) is 46.6 Å². The largest absolute Gasteiger partial charge is 0.297 e. The summed E-state index contributed by atoms with van der Waals surface area (Å²) in [5.74, 6) is 0.0850. The molecular weight excluding hydrogens is 226 g/mol. The molecule has 0 N–H and O–H groups in total. The zero-order valence-electron chi connectivity index (χ0n) is 11.2. The van der Waals surface area contributed by atoms with Crippen LogP contribution in [0.4, 0.5) is 0 Å². The summed E-state index contributed by atoms with van der Waals surface area (Å²) in [6.45, 7) is 6.69. The lowest BCUT2D eigenvalue weighted by Gasteiger charge is -2.21. The summed E-state index contributed by atoms with van der Waals surface area (Å²) in [6.07, 6.45) is 5.64. The molecule has 1 heterocycles. The SMILES string of the molecule is CCn1cc(CC2(C#N)CCC(C)(C)C2=O)cn1. The maximum absolute atomic E-state index is 12.4. The van der Waals surface area contributed by atoms with Crippen LogP contribution in [0.2, 0.25) is 0 Å². The van der Waals surface area contributed by atoms with E-state index in [1.165, 1.54) is 0 Å². The van der Waals surface area contributed by atoms with Gasteiger partial charge in [0.1, 0.15) is 5.41 Å². The second-order valence-corrected chi connectivity index (χ2v) is 5.79. The molecule has 0 bridgehead atoms. The van der Waals surface area contributed by atoms with E-state index in [1.54, 1.807) is 6.20 Å². The number of rotatable bonds is 3. The fraction of sp³-hybridized carbons (Fsp3) is 0.643. The highest BCUT2D eigenvalue weighted by atomic mass is 16.1. The van der Waals surface area contributed by atoms with Crippen LogP contribution in [0.25, 0.3) is 0 Å². The van der Waals surface area contributed by atoms with E-state index < -0.39 is 5.41 Å². The van der Waals surface area contributed by atoms with Crippen molar-refractivity contribution in [2.75, 3.05) is 0 Å². The molecule has 18 heavy (non-hydrogen) atoms. The number of carbonyl (C=O) groups excluding carboxylic acids is 1. The number of aromatic nitrogens is 2. The fourth-order valence-electron chi connectivity index (χ4n) is 2.73. The second-order valence-electron chi connectivity index (χ2n) is 5.79. The third-order valence-electron chi connectivity index (χ3n) is 3.96. The predicted octanol–water partition coefficient (Wildman–Crippen LogP) is 2.34. The van der Waals surface area contributed by atoms with Crippen LogP contribution < -0.4 is 0 Å². The Morgan fingerprint density at radius 3 is 2.67 bits per heavy atom. The third-order valence-corrected chi connectivity index (χ3v) is 3.96. The Bertz CT molecular complexity index is 509. The molecule has 0 aromatic carbocycles. The first-order valence-electron chi connectivity index (χ1n) is 6.41. The Morgan fingerprint density at radius 1 is 1.50 bits per heavy atom. The lowest BCUT2D eigenvalue weighted by molar-refractivity contribution is -0.130. The first kappa shape index (κ1) is 12.8. The van der Waals surface area contributed by atoms with E-state index in [-0.39, 0.29) is 11.2 Å². The minimum Gasteiger partial charge on any atom is -0.297 e. The average Bonchev–Trinajstić information content (AvgIpc) is 2.88. The molecule has 0 saturated heterocycles. The first-order valence-corrected chi connectivity index (χ1v) is 6.41. The van der Waals surface area contributed by atoms with Crippen molar-refractivity contribution in [3.8, 4) is 6.07 Å². The highest BCUT2D eigenvalue weighted by Crippen LogP contribution is 2.47. The fourth-order valence-corrected chi connectivity index (χ4v) is 2.73. The lowest BCUT2D eigenvalue weighted by atomic mass is 9.77. The molecule has 1 aliphatic carbocycles. The van der Waals surface area contributed by atoms with E-state index >= 15 is 0 Å². The smallest absolute Gasteiger partial charge is 0.158 e. The average molecular weight is 245 g/mol. The van der Waals surface area contributed by atoms with Crippen molar-refractivity contribution < 1.29 is 4.79 Å². The Hall–Kier alpha value is -1.63. The van der Waals surface area contributed by atoms with E-state index in [4.69, 9.17) is 0 Å². The summed E-state index contributed by atoms with van der Waals surface area (Å²) in [4.78, 5) is 12.4. The van der Waals surface area contributed by atoms with E-state index in [2.05, 4.69) is 11.2 Å². The molecule has 1 aromatic rings. The molecule has 4 nitrogen and oxygen atoms in total. The van der Waals surface area contributed by atoms with Gasteiger partial charge in [0.25, 0.3) is 0 Å². The molecule has 96 valence electrons. The van der Waals surface area contributed by atoms with Gasteiger partial charge in [-0.15, -0.1) is 0 Å². The molecule has 4 heteroatoms. The monoisotopic (exact) mass is 245 g/mol. The van der Waals surface area contributed by atoms with Crippen LogP contribution in [0.15, 0.2) is 12.4 Å². The Morgan fingerprint density at radius 2 is 2.22 bits per heavy atom. The van der Waals surface area contributed by atoms with Crippen molar-refractivity contribution in [3.05, 3.63) is 18.0 Å². The van der Waals surface area contributed by atoms with Crippen molar-refractivity contribution in [1.82, 2.24) is 9.78 Å². The van der Waals surface area contributed by atoms with Gasteiger partial charge in [0.2, 0.25) is 0 Å². The number of hydrogen-bond donors (Lipinski definition) is 0. The van der Waals surface area contributed by atoms with E-state index in [9.17, 15) is 10.1 Å². The Balaban J connectivity index is 2.26. The molecule has 0 aliphatic heterocycles. The van der Waals surface area contributed by atoms with Crippen LogP contribution in [0.1, 0.15) is 39.2 Å². The predicted molar refractivity (Wildman–Crippen MR) is 67.7 cm³/mol. The number of ketones is 1. The number of nitrogens with zero attached hydrogens (tertiary/aromatic N) is 3. The molecular formula is C14H19N3O. The standard InChI is InChI=1S/C14H19N3O/c1-4-17-9-11(8-16-17)7-14(10-15)6-5-13(2,3)12(14)18/h8-9H,4-7H2,1-3H3. The highest BCUT2D eigenvalue weighted by molar-refractivity contribution is 5.94. The minimum atomic E-state index is -0.842. The zero-order chi connectivity index (χ0) is 13.4. The molecule has 1 atom stereocenters. The summed E-state index contributed by atoms with van der Waals surface area (Å²) < 4.78 is 1.82. The number of nitriles is 1. The second kappa shape index (κ2) is 4.24. The van der Waals surface area contributed by atoms with Gasteiger partial charge in [0.15, 0.2) is 5.78 Å². The summed E-state index contributed by atoms with van der Waals surface area (Å²) in [7, 11) is 0. The zero-order valence-corrected chi connectivity index (χ0v) is 11.2. The summed E-state index contributed by atoms with van der Waals surface area (Å²) in [6, 6.07) is 2.27. The van der Waals surface area contributed by atoms with Gasteiger partial charge in [-0.2, -0.15) is 10.4 Å². The van der Waals surface area contributed by atoms with E-state index in [1.807, 2.05) is 31.6 Å². The first-order chi connectivity index (χ1) is 8.43. The molecule has 1 aromatic heterocycles. The number of hydrogen-bond acceptors (Lipinski definition) is 3. The quantitative estimate of drug-likeness (QED) is 0.821. The van der Waals surface area contributed by atoms with Gasteiger partial charge in [-0.1, -0.05) is 13.8 Å². The van der Waals surface area contributed by atoms with Crippen LogP contribution in [0, 0.1) is 22.2 Å². The summed E-state index contributed by atoms with van der Waals surface area (Å²) in [5.41, 5.74) is -0.230. The van der Waals surface area contributed by atoms with E-state index in [0.29, 0.717) is 12.8 Å². The van der Waals surface area contributed by atoms with Crippen molar-refractivity contribution >= 4 is 5.78 Å². The van der Waals surface area contributed by atoms with Crippen molar-refractivity contribution in [1.29, 1.82) is 5.26 Å². The van der Waals surface area contributed by atoms with Gasteiger partial charge >= 0.3 is 0 Å². The number of carbonyl (C=O) groups is 1. The summed E-state index contributed by atoms with van der Waals surface area (Å²) >= 11 is 0. The van der Waals surface area contributed by atoms with Crippen LogP contribution in [0.5, 0.6) is 0 Å². The van der Waals surface area contributed by atoms with Crippen LogP contribution in [-0.4, -0.2) is 15.6 Å². The maximum Gasteiger partial charge on any atom is 0.158 e. The topological polar surface area (TPSA) is 58.7 Å². The summed E-state index contributed by atoms with van der Waals surface area (Å²) in [5, 5.41) is 13.6. The molecule has 1 saturated carbocycles. The van der Waals surface area contributed by atoms with Gasteiger partial charge in [-0.3, -0.25) is 9.48 Å².